The third kappa shape index (κ3) is 8.05. The lowest BCUT2D eigenvalue weighted by atomic mass is 9.84. The van der Waals surface area contributed by atoms with Crippen molar-refractivity contribution in [3.63, 3.8) is 0 Å². The number of aliphatic imine (C=N–C) groups is 1. The summed E-state index contributed by atoms with van der Waals surface area (Å²) in [5, 5.41) is 6.69. The minimum absolute atomic E-state index is 0. The minimum Gasteiger partial charge on any atom is -0.357 e. The highest BCUT2D eigenvalue weighted by Gasteiger charge is 2.28. The Hall–Kier alpha value is -0.870. The van der Waals surface area contributed by atoms with Crippen molar-refractivity contribution >= 4 is 40.0 Å². The Morgan fingerprint density at radius 3 is 2.38 bits per heavy atom. The standard InChI is InChI=1S/C21H36N4O2S.HI/c1-6-17-8-10-19(11-9-17)21(3,4)16-24-20(22-7-2)23-14-18-12-13-25(15-18)28(5,26)27;/h8-11,18H,6-7,12-16H2,1-5H3,(H2,22,23,24);1H. The Morgan fingerprint density at radius 1 is 1.21 bits per heavy atom. The van der Waals surface area contributed by atoms with Crippen molar-refractivity contribution < 1.29 is 8.42 Å². The van der Waals surface area contributed by atoms with Crippen molar-refractivity contribution in [2.45, 2.75) is 46.0 Å². The number of rotatable bonds is 8. The quantitative estimate of drug-likeness (QED) is 0.305. The van der Waals surface area contributed by atoms with Gasteiger partial charge in [0.1, 0.15) is 0 Å². The molecule has 0 saturated carbocycles. The maximum atomic E-state index is 11.7. The highest BCUT2D eigenvalue weighted by atomic mass is 127. The molecule has 6 nitrogen and oxygen atoms in total. The molecule has 0 amide bonds. The molecule has 1 aromatic carbocycles. The lowest BCUT2D eigenvalue weighted by molar-refractivity contribution is 0.458. The van der Waals surface area contributed by atoms with Crippen LogP contribution in [0.25, 0.3) is 0 Å². The van der Waals surface area contributed by atoms with E-state index in [4.69, 9.17) is 4.99 Å². The summed E-state index contributed by atoms with van der Waals surface area (Å²) in [5.74, 6) is 1.10. The van der Waals surface area contributed by atoms with Gasteiger partial charge < -0.3 is 10.6 Å². The number of nitrogens with one attached hydrogen (secondary N) is 2. The molecule has 1 heterocycles. The summed E-state index contributed by atoms with van der Waals surface area (Å²) >= 11 is 0. The molecule has 1 aliphatic heterocycles. The first-order chi connectivity index (χ1) is 13.2. The first-order valence-electron chi connectivity index (χ1n) is 10.2. The average Bonchev–Trinajstić information content (AvgIpc) is 3.13. The predicted octanol–water partition coefficient (Wildman–Crippen LogP) is 2.98. The second kappa shape index (κ2) is 11.5. The summed E-state index contributed by atoms with van der Waals surface area (Å²) < 4.78 is 24.9. The second-order valence-electron chi connectivity index (χ2n) is 8.29. The smallest absolute Gasteiger partial charge is 0.211 e. The molecular formula is C21H37IN4O2S. The normalized spacial score (nSPS) is 18.4. The van der Waals surface area contributed by atoms with Crippen LogP contribution in [0.1, 0.15) is 45.2 Å². The first kappa shape index (κ1) is 26.2. The zero-order chi connectivity index (χ0) is 20.8. The van der Waals surface area contributed by atoms with E-state index in [1.165, 1.54) is 17.4 Å². The summed E-state index contributed by atoms with van der Waals surface area (Å²) in [6.45, 7) is 12.0. The van der Waals surface area contributed by atoms with Crippen LogP contribution in [-0.2, 0) is 21.9 Å². The fraction of sp³-hybridized carbons (Fsp3) is 0.667. The zero-order valence-corrected chi connectivity index (χ0v) is 21.5. The summed E-state index contributed by atoms with van der Waals surface area (Å²) in [6, 6.07) is 8.79. The van der Waals surface area contributed by atoms with E-state index in [-0.39, 0.29) is 29.4 Å². The first-order valence-corrected chi connectivity index (χ1v) is 12.1. The van der Waals surface area contributed by atoms with Gasteiger partial charge in [0.05, 0.1) is 12.8 Å². The molecule has 0 radical (unpaired) electrons. The van der Waals surface area contributed by atoms with Crippen molar-refractivity contribution in [1.82, 2.24) is 14.9 Å². The summed E-state index contributed by atoms with van der Waals surface area (Å²) in [5.41, 5.74) is 2.57. The lowest BCUT2D eigenvalue weighted by Gasteiger charge is -2.24. The molecule has 1 aliphatic rings. The monoisotopic (exact) mass is 536 g/mol. The van der Waals surface area contributed by atoms with Crippen molar-refractivity contribution in [3.8, 4) is 0 Å². The van der Waals surface area contributed by atoms with Gasteiger partial charge in [-0.15, -0.1) is 24.0 Å². The van der Waals surface area contributed by atoms with Gasteiger partial charge in [0, 0.05) is 31.6 Å². The van der Waals surface area contributed by atoms with Gasteiger partial charge in [-0.3, -0.25) is 4.99 Å². The maximum Gasteiger partial charge on any atom is 0.211 e. The Morgan fingerprint density at radius 2 is 1.86 bits per heavy atom. The van der Waals surface area contributed by atoms with Gasteiger partial charge >= 0.3 is 0 Å². The average molecular weight is 537 g/mol. The van der Waals surface area contributed by atoms with Crippen LogP contribution in [0.15, 0.2) is 29.3 Å². The maximum absolute atomic E-state index is 11.7. The van der Waals surface area contributed by atoms with E-state index in [2.05, 4.69) is 55.7 Å². The molecule has 8 heteroatoms. The summed E-state index contributed by atoms with van der Waals surface area (Å²) in [7, 11) is -3.09. The van der Waals surface area contributed by atoms with Gasteiger partial charge in [-0.2, -0.15) is 0 Å². The third-order valence-corrected chi connectivity index (χ3v) is 6.67. The number of guanidine groups is 1. The Bertz CT molecular complexity index is 763. The highest BCUT2D eigenvalue weighted by molar-refractivity contribution is 14.0. The van der Waals surface area contributed by atoms with E-state index in [0.29, 0.717) is 25.6 Å². The largest absolute Gasteiger partial charge is 0.357 e. The van der Waals surface area contributed by atoms with E-state index in [1.807, 2.05) is 6.92 Å². The topological polar surface area (TPSA) is 73.8 Å². The molecule has 1 fully saturated rings. The Kier molecular flexibility index (Phi) is 10.4. The number of aryl methyl sites for hydroxylation is 1. The third-order valence-electron chi connectivity index (χ3n) is 5.40. The van der Waals surface area contributed by atoms with E-state index < -0.39 is 10.0 Å². The summed E-state index contributed by atoms with van der Waals surface area (Å²) in [6.07, 6.45) is 3.21. The minimum atomic E-state index is -3.09. The molecule has 2 N–H and O–H groups in total. The van der Waals surface area contributed by atoms with Crippen LogP contribution in [0.5, 0.6) is 0 Å². The molecule has 1 saturated heterocycles. The second-order valence-corrected chi connectivity index (χ2v) is 10.3. The Balaban J connectivity index is 0.00000420. The van der Waals surface area contributed by atoms with Crippen molar-refractivity contribution in [2.24, 2.45) is 10.9 Å². The van der Waals surface area contributed by atoms with Crippen LogP contribution >= 0.6 is 24.0 Å². The molecular weight excluding hydrogens is 499 g/mol. The van der Waals surface area contributed by atoms with Gasteiger partial charge in [0.15, 0.2) is 5.96 Å². The van der Waals surface area contributed by atoms with Crippen LogP contribution < -0.4 is 10.6 Å². The molecule has 1 unspecified atom stereocenters. The highest BCUT2D eigenvalue weighted by Crippen LogP contribution is 2.24. The number of hydrogen-bond donors (Lipinski definition) is 2. The lowest BCUT2D eigenvalue weighted by Crippen LogP contribution is -2.41. The number of sulfonamides is 1. The van der Waals surface area contributed by atoms with E-state index in [9.17, 15) is 8.42 Å². The van der Waals surface area contributed by atoms with Gasteiger partial charge in [-0.1, -0.05) is 45.0 Å². The molecule has 0 spiro atoms. The van der Waals surface area contributed by atoms with Crippen molar-refractivity contribution in [1.29, 1.82) is 0 Å². The molecule has 1 aromatic rings. The van der Waals surface area contributed by atoms with Crippen LogP contribution in [-0.4, -0.2) is 57.7 Å². The van der Waals surface area contributed by atoms with E-state index in [1.54, 1.807) is 4.31 Å². The Labute approximate surface area is 194 Å². The predicted molar refractivity (Wildman–Crippen MR) is 133 cm³/mol. The molecule has 0 aliphatic carbocycles. The van der Waals surface area contributed by atoms with Crippen LogP contribution in [0.4, 0.5) is 0 Å². The van der Waals surface area contributed by atoms with Gasteiger partial charge in [-0.05, 0) is 36.8 Å². The number of benzene rings is 1. The molecule has 2 rings (SSSR count). The molecule has 29 heavy (non-hydrogen) atoms. The fourth-order valence-corrected chi connectivity index (χ4v) is 4.33. The van der Waals surface area contributed by atoms with E-state index >= 15 is 0 Å². The molecule has 166 valence electrons. The zero-order valence-electron chi connectivity index (χ0n) is 18.4. The van der Waals surface area contributed by atoms with Gasteiger partial charge in [-0.25, -0.2) is 12.7 Å². The molecule has 0 bridgehead atoms. The van der Waals surface area contributed by atoms with Crippen molar-refractivity contribution in [3.05, 3.63) is 35.4 Å². The molecule has 0 aromatic heterocycles. The van der Waals surface area contributed by atoms with Crippen LogP contribution in [0.2, 0.25) is 0 Å². The number of halogens is 1. The summed E-state index contributed by atoms with van der Waals surface area (Å²) in [4.78, 5) is 4.80. The SMILES string of the molecule is CCNC(=NCC(C)(C)c1ccc(CC)cc1)NCC1CCN(S(C)(=O)=O)C1.I. The fourth-order valence-electron chi connectivity index (χ4n) is 3.41. The van der Waals surface area contributed by atoms with Gasteiger partial charge in [0.25, 0.3) is 0 Å². The molecule has 1 atom stereocenters. The van der Waals surface area contributed by atoms with Crippen LogP contribution in [0.3, 0.4) is 0 Å². The van der Waals surface area contributed by atoms with Crippen molar-refractivity contribution in [2.75, 3.05) is 39.0 Å². The number of nitrogens with zero attached hydrogens (tertiary/aromatic N) is 2. The number of hydrogen-bond acceptors (Lipinski definition) is 3. The van der Waals surface area contributed by atoms with Gasteiger partial charge in [0.2, 0.25) is 10.0 Å². The van der Waals surface area contributed by atoms with Crippen LogP contribution in [0, 0.1) is 5.92 Å². The van der Waals surface area contributed by atoms with E-state index in [0.717, 1.165) is 31.9 Å².